The predicted molar refractivity (Wildman–Crippen MR) is 85.2 cm³/mol. The molecule has 1 atom stereocenters. The van der Waals surface area contributed by atoms with Crippen molar-refractivity contribution in [3.63, 3.8) is 0 Å². The van der Waals surface area contributed by atoms with Crippen LogP contribution >= 0.6 is 0 Å². The summed E-state index contributed by atoms with van der Waals surface area (Å²) in [4.78, 5) is 15.0. The van der Waals surface area contributed by atoms with Crippen LogP contribution in [0.3, 0.4) is 0 Å². The molecule has 0 aromatic carbocycles. The van der Waals surface area contributed by atoms with Gasteiger partial charge in [-0.15, -0.1) is 10.2 Å². The normalized spacial score (nSPS) is 17.7. The van der Waals surface area contributed by atoms with E-state index in [9.17, 15) is 23.1 Å². The number of anilines is 1. The van der Waals surface area contributed by atoms with Gasteiger partial charge in [0.05, 0.1) is 19.2 Å². The quantitative estimate of drug-likeness (QED) is 0.699. The smallest absolute Gasteiger partial charge is 0.431 e. The van der Waals surface area contributed by atoms with E-state index in [1.165, 1.54) is 30.8 Å². The third kappa shape index (κ3) is 3.55. The number of alkyl halides is 3. The lowest BCUT2D eigenvalue weighted by Gasteiger charge is -2.40. The minimum Gasteiger partial charge on any atom is -0.478 e. The van der Waals surface area contributed by atoms with Crippen LogP contribution in [0.25, 0.3) is 0 Å². The minimum atomic E-state index is -4.78. The van der Waals surface area contributed by atoms with Crippen molar-refractivity contribution in [3.05, 3.63) is 29.2 Å². The highest BCUT2D eigenvalue weighted by Crippen LogP contribution is 2.37. The van der Waals surface area contributed by atoms with Crippen molar-refractivity contribution < 1.29 is 23.1 Å². The number of likely N-dealkylation sites (N-methyl/N-ethyl adjacent to an activating group) is 1. The molecule has 28 heavy (non-hydrogen) atoms. The maximum Gasteiger partial charge on any atom is 0.431 e. The van der Waals surface area contributed by atoms with Gasteiger partial charge >= 0.3 is 12.1 Å². The zero-order valence-electron chi connectivity index (χ0n) is 14.9. The maximum atomic E-state index is 13.7. The molecule has 0 spiro atoms. The van der Waals surface area contributed by atoms with Crippen molar-refractivity contribution in [3.8, 4) is 0 Å². The van der Waals surface area contributed by atoms with Crippen molar-refractivity contribution in [2.75, 3.05) is 11.9 Å². The van der Waals surface area contributed by atoms with Gasteiger partial charge in [-0.2, -0.15) is 18.0 Å². The largest absolute Gasteiger partial charge is 0.478 e. The summed E-state index contributed by atoms with van der Waals surface area (Å²) in [5.74, 6) is -1.46. The fourth-order valence-electron chi connectivity index (χ4n) is 2.80. The lowest BCUT2D eigenvalue weighted by molar-refractivity contribution is -0.133. The van der Waals surface area contributed by atoms with Crippen molar-refractivity contribution >= 4 is 11.9 Å². The molecule has 3 heterocycles. The molecule has 0 aliphatic carbocycles. The van der Waals surface area contributed by atoms with Crippen molar-refractivity contribution in [2.45, 2.75) is 18.9 Å². The highest BCUT2D eigenvalue weighted by molar-refractivity contribution is 5.90. The van der Waals surface area contributed by atoms with Crippen molar-refractivity contribution in [2.24, 2.45) is 14.1 Å². The number of aryl methyl sites for hydroxylation is 2. The standard InChI is InChI=1S/C13H15F3N10O2/c1-23(6-9-17-21-25(3)19-9)10-7(11(27)28)4-5-8(13(14,15)16)26(10)12-18-20-22-24(12)2/h4-5,10H,6H2,1-3H3,(H,27,28). The lowest BCUT2D eigenvalue weighted by atomic mass is 10.0. The number of rotatable bonds is 5. The highest BCUT2D eigenvalue weighted by Gasteiger charge is 2.47. The summed E-state index contributed by atoms with van der Waals surface area (Å²) < 4.78 is 42.1. The molecule has 15 heteroatoms. The third-order valence-corrected chi connectivity index (χ3v) is 3.91. The van der Waals surface area contributed by atoms with Gasteiger partial charge in [0.15, 0.2) is 5.82 Å². The molecule has 0 saturated heterocycles. The van der Waals surface area contributed by atoms with E-state index in [-0.39, 0.29) is 23.9 Å². The van der Waals surface area contributed by atoms with Gasteiger partial charge in [0.2, 0.25) is 0 Å². The van der Waals surface area contributed by atoms with Crippen molar-refractivity contribution in [1.29, 1.82) is 0 Å². The van der Waals surface area contributed by atoms with E-state index < -0.39 is 24.0 Å². The Morgan fingerprint density at radius 1 is 1.25 bits per heavy atom. The number of allylic oxidation sites excluding steroid dienone is 3. The van der Waals surface area contributed by atoms with E-state index in [0.717, 1.165) is 15.7 Å². The van der Waals surface area contributed by atoms with Crippen LogP contribution in [0.5, 0.6) is 0 Å². The van der Waals surface area contributed by atoms with Crippen LogP contribution in [0.2, 0.25) is 0 Å². The summed E-state index contributed by atoms with van der Waals surface area (Å²) >= 11 is 0. The number of nitrogens with zero attached hydrogens (tertiary/aromatic N) is 10. The van der Waals surface area contributed by atoms with E-state index in [2.05, 4.69) is 30.9 Å². The number of hydrogen-bond acceptors (Lipinski definition) is 9. The number of halogens is 3. The van der Waals surface area contributed by atoms with E-state index in [1.807, 2.05) is 0 Å². The molecule has 0 saturated carbocycles. The van der Waals surface area contributed by atoms with Gasteiger partial charge < -0.3 is 5.11 Å². The average molecular weight is 400 g/mol. The van der Waals surface area contributed by atoms with Crippen LogP contribution in [0, 0.1) is 0 Å². The van der Waals surface area contributed by atoms with Gasteiger partial charge in [-0.05, 0) is 34.8 Å². The zero-order valence-corrected chi connectivity index (χ0v) is 14.9. The number of aromatic nitrogens is 8. The Balaban J connectivity index is 2.10. The highest BCUT2D eigenvalue weighted by atomic mass is 19.4. The van der Waals surface area contributed by atoms with E-state index in [4.69, 9.17) is 0 Å². The molecule has 0 radical (unpaired) electrons. The minimum absolute atomic E-state index is 0.0734. The SMILES string of the molecule is CN(Cc1nnn(C)n1)C1C(C(=O)O)=CC=C(C(F)(F)F)N1c1nnnn1C. The van der Waals surface area contributed by atoms with E-state index >= 15 is 0 Å². The third-order valence-electron chi connectivity index (χ3n) is 3.91. The van der Waals surface area contributed by atoms with Crippen LogP contribution in [0.15, 0.2) is 23.4 Å². The first-order valence-electron chi connectivity index (χ1n) is 7.76. The zero-order chi connectivity index (χ0) is 20.6. The second-order valence-corrected chi connectivity index (χ2v) is 5.93. The van der Waals surface area contributed by atoms with E-state index in [0.29, 0.717) is 6.08 Å². The molecule has 1 aliphatic rings. The summed E-state index contributed by atoms with van der Waals surface area (Å²) in [7, 11) is 4.32. The molecule has 1 aliphatic heterocycles. The Labute approximate surface area is 155 Å². The second-order valence-electron chi connectivity index (χ2n) is 5.93. The summed E-state index contributed by atoms with van der Waals surface area (Å²) in [6.45, 7) is -0.0734. The van der Waals surface area contributed by atoms with Crippen molar-refractivity contribution in [1.82, 2.24) is 45.3 Å². The monoisotopic (exact) mass is 400 g/mol. The van der Waals surface area contributed by atoms with Crippen LogP contribution in [0.1, 0.15) is 5.82 Å². The molecule has 1 N–H and O–H groups in total. The summed E-state index contributed by atoms with van der Waals surface area (Å²) in [5.41, 5.74) is -1.42. The molecule has 12 nitrogen and oxygen atoms in total. The number of aliphatic carboxylic acids is 1. The van der Waals surface area contributed by atoms with Gasteiger partial charge in [-0.3, -0.25) is 9.80 Å². The van der Waals surface area contributed by atoms with Gasteiger partial charge in [-0.25, -0.2) is 9.48 Å². The van der Waals surface area contributed by atoms with Crippen LogP contribution in [-0.2, 0) is 25.4 Å². The first-order valence-corrected chi connectivity index (χ1v) is 7.76. The Bertz CT molecular complexity index is 947. The topological polar surface area (TPSA) is 131 Å². The number of hydrogen-bond donors (Lipinski definition) is 1. The van der Waals surface area contributed by atoms with Crippen LogP contribution in [0.4, 0.5) is 19.1 Å². The second kappa shape index (κ2) is 6.99. The molecule has 2 aromatic heterocycles. The Kier molecular flexibility index (Phi) is 4.84. The number of carbonyl (C=O) groups is 1. The molecule has 3 rings (SSSR count). The fraction of sp³-hybridized carbons (Fsp3) is 0.462. The Hall–Kier alpha value is -3.36. The Morgan fingerprint density at radius 2 is 1.96 bits per heavy atom. The van der Waals surface area contributed by atoms with E-state index in [1.54, 1.807) is 0 Å². The summed E-state index contributed by atoms with van der Waals surface area (Å²) in [5, 5.41) is 31.5. The van der Waals surface area contributed by atoms with Gasteiger partial charge in [0, 0.05) is 7.05 Å². The molecule has 0 amide bonds. The number of carboxylic acids is 1. The van der Waals surface area contributed by atoms with Gasteiger partial charge in [0.1, 0.15) is 11.9 Å². The first kappa shape index (κ1) is 19.4. The molecule has 2 aromatic rings. The fourth-order valence-corrected chi connectivity index (χ4v) is 2.80. The lowest BCUT2D eigenvalue weighted by Crippen LogP contribution is -2.53. The van der Waals surface area contributed by atoms with Crippen LogP contribution in [-0.4, -0.2) is 75.8 Å². The molecule has 1 unspecified atom stereocenters. The molecular formula is C13H15F3N10O2. The Morgan fingerprint density at radius 3 is 2.46 bits per heavy atom. The maximum absolute atomic E-state index is 13.7. The van der Waals surface area contributed by atoms with Crippen LogP contribution < -0.4 is 4.90 Å². The molecule has 0 bridgehead atoms. The first-order chi connectivity index (χ1) is 13.1. The number of carboxylic acid groups (broad SMARTS) is 1. The molecular weight excluding hydrogens is 385 g/mol. The van der Waals surface area contributed by atoms with Gasteiger partial charge in [0.25, 0.3) is 5.95 Å². The molecule has 0 fully saturated rings. The van der Waals surface area contributed by atoms with Gasteiger partial charge in [-0.1, -0.05) is 5.10 Å². The molecule has 150 valence electrons. The summed E-state index contributed by atoms with van der Waals surface area (Å²) in [6.07, 6.45) is -4.57. The number of tetrazole rings is 2. The predicted octanol–water partition coefficient (Wildman–Crippen LogP) is -0.531. The average Bonchev–Trinajstić information content (AvgIpc) is 3.20. The summed E-state index contributed by atoms with van der Waals surface area (Å²) in [6, 6.07) is 0.